The first-order valence-electron chi connectivity index (χ1n) is 10.8. The van der Waals surface area contributed by atoms with Crippen LogP contribution in [0.4, 0.5) is 10.1 Å². The van der Waals surface area contributed by atoms with Gasteiger partial charge in [-0.3, -0.25) is 14.5 Å². The first kappa shape index (κ1) is 23.4. The molecule has 1 aliphatic rings. The van der Waals surface area contributed by atoms with Crippen molar-refractivity contribution < 1.29 is 18.7 Å². The van der Waals surface area contributed by atoms with Gasteiger partial charge in [0.25, 0.3) is 5.91 Å². The highest BCUT2D eigenvalue weighted by Crippen LogP contribution is 2.26. The van der Waals surface area contributed by atoms with Crippen LogP contribution < -0.4 is 10.1 Å². The standard InChI is InChI=1S/C26H24FN3O3S/c1-33-22-13-9-19(10-14-22)16-29-23(15-24(31)28-21-5-3-2-4-6-21)25(32)30(26(29)34)17-18-7-11-20(27)12-8-18/h2-14,23H,15-17H2,1H3,(H,28,31)/t23-/m1/s1. The van der Waals surface area contributed by atoms with Gasteiger partial charge in [-0.1, -0.05) is 42.5 Å². The summed E-state index contributed by atoms with van der Waals surface area (Å²) in [7, 11) is 1.60. The highest BCUT2D eigenvalue weighted by atomic mass is 32.1. The number of ether oxygens (including phenoxy) is 1. The lowest BCUT2D eigenvalue weighted by Gasteiger charge is -2.24. The molecule has 4 rings (SSSR count). The summed E-state index contributed by atoms with van der Waals surface area (Å²) in [6.45, 7) is 0.561. The fourth-order valence-corrected chi connectivity index (χ4v) is 4.17. The Morgan fingerprint density at radius 1 is 0.971 bits per heavy atom. The SMILES string of the molecule is COc1ccc(CN2C(=S)N(Cc3ccc(F)cc3)C(=O)[C@H]2CC(=O)Nc2ccccc2)cc1. The number of nitrogens with one attached hydrogen (secondary N) is 1. The average Bonchev–Trinajstić information content (AvgIpc) is 3.05. The van der Waals surface area contributed by atoms with Crippen LogP contribution in [0.15, 0.2) is 78.9 Å². The number of nitrogens with zero attached hydrogens (tertiary/aromatic N) is 2. The van der Waals surface area contributed by atoms with Crippen LogP contribution in [-0.2, 0) is 22.7 Å². The number of hydrogen-bond donors (Lipinski definition) is 1. The van der Waals surface area contributed by atoms with E-state index in [0.717, 1.165) is 16.9 Å². The van der Waals surface area contributed by atoms with E-state index >= 15 is 0 Å². The summed E-state index contributed by atoms with van der Waals surface area (Å²) >= 11 is 5.67. The van der Waals surface area contributed by atoms with Gasteiger partial charge in [-0.15, -0.1) is 0 Å². The molecule has 1 saturated heterocycles. The van der Waals surface area contributed by atoms with E-state index in [2.05, 4.69) is 5.32 Å². The number of hydrogen-bond acceptors (Lipinski definition) is 4. The van der Waals surface area contributed by atoms with E-state index in [9.17, 15) is 14.0 Å². The van der Waals surface area contributed by atoms with E-state index in [-0.39, 0.29) is 30.6 Å². The molecule has 3 aromatic rings. The molecule has 1 atom stereocenters. The molecule has 6 nitrogen and oxygen atoms in total. The van der Waals surface area contributed by atoms with Crippen molar-refractivity contribution in [2.24, 2.45) is 0 Å². The molecule has 1 aliphatic heterocycles. The molecule has 1 N–H and O–H groups in total. The molecular formula is C26H24FN3O3S. The zero-order chi connectivity index (χ0) is 24.1. The summed E-state index contributed by atoms with van der Waals surface area (Å²) in [5.41, 5.74) is 2.33. The summed E-state index contributed by atoms with van der Waals surface area (Å²) in [6.07, 6.45) is -0.0516. The molecular weight excluding hydrogens is 453 g/mol. The average molecular weight is 478 g/mol. The maximum Gasteiger partial charge on any atom is 0.252 e. The molecule has 1 fully saturated rings. The van der Waals surface area contributed by atoms with Crippen molar-refractivity contribution in [3.05, 3.63) is 95.8 Å². The number of halogens is 1. The molecule has 2 amide bonds. The second kappa shape index (κ2) is 10.4. The van der Waals surface area contributed by atoms with Crippen molar-refractivity contribution in [3.8, 4) is 5.75 Å². The lowest BCUT2D eigenvalue weighted by atomic mass is 10.1. The van der Waals surface area contributed by atoms with Gasteiger partial charge in [-0.25, -0.2) is 4.39 Å². The smallest absolute Gasteiger partial charge is 0.252 e. The van der Waals surface area contributed by atoms with Crippen LogP contribution in [0, 0.1) is 5.82 Å². The van der Waals surface area contributed by atoms with Gasteiger partial charge in [0.15, 0.2) is 5.11 Å². The first-order valence-corrected chi connectivity index (χ1v) is 11.2. The van der Waals surface area contributed by atoms with E-state index in [1.165, 1.54) is 17.0 Å². The van der Waals surface area contributed by atoms with Crippen molar-refractivity contribution in [2.45, 2.75) is 25.6 Å². The number of anilines is 1. The Hall–Kier alpha value is -3.78. The molecule has 0 bridgehead atoms. The first-order chi connectivity index (χ1) is 16.4. The predicted octanol–water partition coefficient (Wildman–Crippen LogP) is 4.36. The molecule has 34 heavy (non-hydrogen) atoms. The molecule has 0 saturated carbocycles. The van der Waals surface area contributed by atoms with Crippen LogP contribution in [0.5, 0.6) is 5.75 Å². The summed E-state index contributed by atoms with van der Waals surface area (Å²) in [6, 6.07) is 21.7. The van der Waals surface area contributed by atoms with Crippen molar-refractivity contribution in [1.82, 2.24) is 9.80 Å². The molecule has 0 aromatic heterocycles. The fourth-order valence-electron chi connectivity index (χ4n) is 3.83. The fraction of sp³-hybridized carbons (Fsp3) is 0.192. The molecule has 3 aromatic carbocycles. The van der Waals surface area contributed by atoms with Gasteiger partial charge in [0.1, 0.15) is 17.6 Å². The largest absolute Gasteiger partial charge is 0.497 e. The number of thiocarbonyl (C=S) groups is 1. The molecule has 0 radical (unpaired) electrons. The molecule has 0 aliphatic carbocycles. The quantitative estimate of drug-likeness (QED) is 0.489. The number of para-hydroxylation sites is 1. The van der Waals surface area contributed by atoms with Crippen molar-refractivity contribution >= 4 is 34.8 Å². The Kier molecular flexibility index (Phi) is 7.18. The third-order valence-corrected chi connectivity index (χ3v) is 6.06. The lowest BCUT2D eigenvalue weighted by Crippen LogP contribution is -2.37. The highest BCUT2D eigenvalue weighted by Gasteiger charge is 2.43. The Balaban J connectivity index is 1.55. The molecule has 174 valence electrons. The maximum absolute atomic E-state index is 13.4. The minimum atomic E-state index is -0.751. The summed E-state index contributed by atoms with van der Waals surface area (Å²) < 4.78 is 18.5. The van der Waals surface area contributed by atoms with Gasteiger partial charge in [-0.2, -0.15) is 0 Å². The third kappa shape index (κ3) is 5.40. The second-order valence-electron chi connectivity index (χ2n) is 7.94. The number of methoxy groups -OCH3 is 1. The zero-order valence-electron chi connectivity index (χ0n) is 18.6. The summed E-state index contributed by atoms with van der Waals surface area (Å²) in [5, 5.41) is 3.17. The van der Waals surface area contributed by atoms with E-state index in [1.54, 1.807) is 36.3 Å². The second-order valence-corrected chi connectivity index (χ2v) is 8.31. The molecule has 8 heteroatoms. The minimum absolute atomic E-state index is 0.0516. The number of rotatable bonds is 8. The highest BCUT2D eigenvalue weighted by molar-refractivity contribution is 7.80. The molecule has 0 unspecified atom stereocenters. The van der Waals surface area contributed by atoms with Crippen molar-refractivity contribution in [2.75, 3.05) is 12.4 Å². The van der Waals surface area contributed by atoms with Crippen LogP contribution in [-0.4, -0.2) is 39.9 Å². The van der Waals surface area contributed by atoms with Gasteiger partial charge in [0.05, 0.1) is 20.1 Å². The number of amides is 2. The third-order valence-electron chi connectivity index (χ3n) is 5.61. The number of carbonyl (C=O) groups is 2. The monoisotopic (exact) mass is 477 g/mol. The summed E-state index contributed by atoms with van der Waals surface area (Å²) in [4.78, 5) is 29.4. The van der Waals surface area contributed by atoms with E-state index in [0.29, 0.717) is 17.3 Å². The van der Waals surface area contributed by atoms with Gasteiger partial charge in [0, 0.05) is 12.2 Å². The Labute approximate surface area is 202 Å². The minimum Gasteiger partial charge on any atom is -0.497 e. The zero-order valence-corrected chi connectivity index (χ0v) is 19.4. The van der Waals surface area contributed by atoms with Gasteiger partial charge in [0.2, 0.25) is 5.91 Å². The Morgan fingerprint density at radius 3 is 2.24 bits per heavy atom. The van der Waals surface area contributed by atoms with Crippen LogP contribution in [0.1, 0.15) is 17.5 Å². The number of carbonyl (C=O) groups excluding carboxylic acids is 2. The lowest BCUT2D eigenvalue weighted by molar-refractivity contribution is -0.131. The topological polar surface area (TPSA) is 61.9 Å². The Morgan fingerprint density at radius 2 is 1.59 bits per heavy atom. The van der Waals surface area contributed by atoms with Crippen molar-refractivity contribution in [1.29, 1.82) is 0 Å². The van der Waals surface area contributed by atoms with Crippen LogP contribution in [0.25, 0.3) is 0 Å². The van der Waals surface area contributed by atoms with Crippen LogP contribution in [0.2, 0.25) is 0 Å². The van der Waals surface area contributed by atoms with Gasteiger partial charge in [-0.05, 0) is 59.7 Å². The predicted molar refractivity (Wildman–Crippen MR) is 132 cm³/mol. The maximum atomic E-state index is 13.4. The van der Waals surface area contributed by atoms with E-state index < -0.39 is 6.04 Å². The Bertz CT molecular complexity index is 1170. The van der Waals surface area contributed by atoms with E-state index in [4.69, 9.17) is 17.0 Å². The normalized spacial score (nSPS) is 15.5. The molecule has 0 spiro atoms. The van der Waals surface area contributed by atoms with E-state index in [1.807, 2.05) is 42.5 Å². The van der Waals surface area contributed by atoms with Crippen LogP contribution >= 0.6 is 12.2 Å². The molecule has 1 heterocycles. The summed E-state index contributed by atoms with van der Waals surface area (Å²) in [5.74, 6) is -0.169. The van der Waals surface area contributed by atoms with Gasteiger partial charge >= 0.3 is 0 Å². The van der Waals surface area contributed by atoms with Gasteiger partial charge < -0.3 is 15.0 Å². The van der Waals surface area contributed by atoms with Crippen molar-refractivity contribution in [3.63, 3.8) is 0 Å². The van der Waals surface area contributed by atoms with Crippen LogP contribution in [0.3, 0.4) is 0 Å². The number of benzene rings is 3.